The van der Waals surface area contributed by atoms with Crippen LogP contribution in [0, 0.1) is 13.0 Å². The Hall–Kier alpha value is 0.0539. The molecule has 1 N–H and O–H groups in total. The van der Waals surface area contributed by atoms with E-state index in [0.29, 0.717) is 0 Å². The molecule has 0 fully saturated rings. The average molecular weight is 197 g/mol. The van der Waals surface area contributed by atoms with Crippen LogP contribution in [0.2, 0.25) is 0 Å². The molecule has 1 aromatic rings. The van der Waals surface area contributed by atoms with Crippen molar-refractivity contribution in [1.29, 1.82) is 0 Å². The number of H-pyrrole nitrogens is 1. The van der Waals surface area contributed by atoms with E-state index in [1.54, 1.807) is 0 Å². The summed E-state index contributed by atoms with van der Waals surface area (Å²) < 4.78 is 0. The maximum atomic E-state index is 10.4. The van der Waals surface area contributed by atoms with Crippen molar-refractivity contribution < 1.29 is 32.7 Å². The Morgan fingerprint density at radius 1 is 1.67 bits per heavy atom. The molecule has 3 heteroatoms. The first kappa shape index (κ1) is 9.05. The van der Waals surface area contributed by atoms with Crippen LogP contribution in [0.25, 0.3) is 0 Å². The summed E-state index contributed by atoms with van der Waals surface area (Å²) in [5.74, 6) is 0. The SMILES string of the molecule is Cc1[c-]c[nH]c(=O)c1.[Y]. The zero-order valence-corrected chi connectivity index (χ0v) is 7.98. The molecular formula is C6H6NOY-. The fourth-order valence-corrected chi connectivity index (χ4v) is 0.501. The number of pyridine rings is 1. The molecule has 9 heavy (non-hydrogen) atoms. The Balaban J connectivity index is 0.000000640. The first-order valence-corrected chi connectivity index (χ1v) is 2.36. The quantitative estimate of drug-likeness (QED) is 0.603. The molecule has 0 amide bonds. The van der Waals surface area contributed by atoms with Crippen LogP contribution in [0.4, 0.5) is 0 Å². The van der Waals surface area contributed by atoms with Crippen LogP contribution in [0.1, 0.15) is 5.56 Å². The summed E-state index contributed by atoms with van der Waals surface area (Å²) in [6, 6.07) is 4.32. The molecule has 0 aliphatic rings. The Bertz CT molecular complexity index is 230. The largest absolute Gasteiger partial charge is 0.362 e. The number of rotatable bonds is 0. The van der Waals surface area contributed by atoms with Crippen molar-refractivity contribution in [3.8, 4) is 0 Å². The molecule has 45 valence electrons. The number of aromatic nitrogens is 1. The van der Waals surface area contributed by atoms with Crippen LogP contribution in [0.5, 0.6) is 0 Å². The van der Waals surface area contributed by atoms with E-state index in [2.05, 4.69) is 11.1 Å². The van der Waals surface area contributed by atoms with Gasteiger partial charge in [-0.3, -0.25) is 4.79 Å². The normalized spacial score (nSPS) is 8.11. The van der Waals surface area contributed by atoms with Gasteiger partial charge in [0.25, 0.3) is 0 Å². The predicted molar refractivity (Wildman–Crippen MR) is 30.6 cm³/mol. The van der Waals surface area contributed by atoms with Gasteiger partial charge in [-0.1, -0.05) is 13.1 Å². The van der Waals surface area contributed by atoms with Gasteiger partial charge in [0.15, 0.2) is 5.56 Å². The average Bonchev–Trinajstić information content (AvgIpc) is 1.64. The van der Waals surface area contributed by atoms with Gasteiger partial charge < -0.3 is 4.98 Å². The summed E-state index contributed by atoms with van der Waals surface area (Å²) in [4.78, 5) is 12.9. The van der Waals surface area contributed by atoms with Crippen molar-refractivity contribution in [3.05, 3.63) is 34.2 Å². The van der Waals surface area contributed by atoms with E-state index in [4.69, 9.17) is 0 Å². The first-order valence-electron chi connectivity index (χ1n) is 2.36. The van der Waals surface area contributed by atoms with Gasteiger partial charge in [-0.2, -0.15) is 0 Å². The molecule has 1 aromatic heterocycles. The molecule has 1 heterocycles. The van der Waals surface area contributed by atoms with Crippen LogP contribution in [-0.2, 0) is 32.7 Å². The molecule has 0 bridgehead atoms. The summed E-state index contributed by atoms with van der Waals surface area (Å²) in [7, 11) is 0. The molecule has 0 saturated carbocycles. The molecule has 1 rings (SSSR count). The second kappa shape index (κ2) is 3.96. The standard InChI is InChI=1S/C6H6NO.Y/c1-5-2-3-7-6(8)4-5;/h3-4H,1H3,(H,7,8);/q-1;. The zero-order chi connectivity index (χ0) is 5.98. The van der Waals surface area contributed by atoms with Gasteiger partial charge in [0.05, 0.1) is 0 Å². The van der Waals surface area contributed by atoms with E-state index >= 15 is 0 Å². The minimum Gasteiger partial charge on any atom is -0.362 e. The molecule has 0 aromatic carbocycles. The fraction of sp³-hybridized carbons (Fsp3) is 0.167. The third-order valence-electron chi connectivity index (χ3n) is 0.862. The smallest absolute Gasteiger partial charge is 0.165 e. The molecule has 0 aliphatic heterocycles. The number of aryl methyl sites for hydroxylation is 1. The molecule has 0 saturated heterocycles. The van der Waals surface area contributed by atoms with Gasteiger partial charge in [0.2, 0.25) is 0 Å². The predicted octanol–water partition coefficient (Wildman–Crippen LogP) is 0.481. The van der Waals surface area contributed by atoms with Crippen molar-refractivity contribution in [3.63, 3.8) is 0 Å². The van der Waals surface area contributed by atoms with E-state index in [-0.39, 0.29) is 38.3 Å². The van der Waals surface area contributed by atoms with Crippen molar-refractivity contribution in [2.45, 2.75) is 6.92 Å². The zero-order valence-electron chi connectivity index (χ0n) is 5.14. The van der Waals surface area contributed by atoms with Gasteiger partial charge in [-0.25, -0.2) is 11.6 Å². The molecule has 0 unspecified atom stereocenters. The third kappa shape index (κ3) is 2.92. The van der Waals surface area contributed by atoms with Gasteiger partial charge in [0.1, 0.15) is 0 Å². The number of hydrogen-bond donors (Lipinski definition) is 1. The van der Waals surface area contributed by atoms with E-state index in [0.717, 1.165) is 5.56 Å². The minimum absolute atomic E-state index is 0. The van der Waals surface area contributed by atoms with Crippen LogP contribution < -0.4 is 5.56 Å². The van der Waals surface area contributed by atoms with E-state index in [1.165, 1.54) is 12.3 Å². The molecule has 0 atom stereocenters. The van der Waals surface area contributed by atoms with Crippen LogP contribution in [0.15, 0.2) is 17.1 Å². The molecule has 0 spiro atoms. The van der Waals surface area contributed by atoms with Crippen molar-refractivity contribution >= 4 is 0 Å². The molecule has 2 nitrogen and oxygen atoms in total. The number of nitrogens with one attached hydrogen (secondary N) is 1. The van der Waals surface area contributed by atoms with Gasteiger partial charge in [-0.15, -0.1) is 6.07 Å². The van der Waals surface area contributed by atoms with Crippen LogP contribution >= 0.6 is 0 Å². The monoisotopic (exact) mass is 197 g/mol. The van der Waals surface area contributed by atoms with Gasteiger partial charge in [0, 0.05) is 32.7 Å². The number of aromatic amines is 1. The minimum atomic E-state index is -0.0683. The van der Waals surface area contributed by atoms with Gasteiger partial charge in [-0.05, 0) is 0 Å². The van der Waals surface area contributed by atoms with Crippen LogP contribution in [-0.4, -0.2) is 4.98 Å². The first-order chi connectivity index (χ1) is 3.79. The molecule has 1 radical (unpaired) electrons. The second-order valence-electron chi connectivity index (χ2n) is 1.62. The van der Waals surface area contributed by atoms with Crippen molar-refractivity contribution in [2.75, 3.05) is 0 Å². The molecular weight excluding hydrogens is 191 g/mol. The van der Waals surface area contributed by atoms with Crippen LogP contribution in [0.3, 0.4) is 0 Å². The molecule has 0 aliphatic carbocycles. The van der Waals surface area contributed by atoms with E-state index in [9.17, 15) is 4.79 Å². The summed E-state index contributed by atoms with van der Waals surface area (Å²) in [6.45, 7) is 1.83. The summed E-state index contributed by atoms with van der Waals surface area (Å²) >= 11 is 0. The maximum Gasteiger partial charge on any atom is 0.165 e. The van der Waals surface area contributed by atoms with E-state index < -0.39 is 0 Å². The Kier molecular flexibility index (Phi) is 3.99. The summed E-state index contributed by atoms with van der Waals surface area (Å²) in [6.07, 6.45) is 1.51. The van der Waals surface area contributed by atoms with Gasteiger partial charge >= 0.3 is 0 Å². The second-order valence-corrected chi connectivity index (χ2v) is 1.62. The third-order valence-corrected chi connectivity index (χ3v) is 0.862. The number of hydrogen-bond acceptors (Lipinski definition) is 1. The topological polar surface area (TPSA) is 32.9 Å². The van der Waals surface area contributed by atoms with Crippen molar-refractivity contribution in [2.24, 2.45) is 0 Å². The Labute approximate surface area is 78.6 Å². The van der Waals surface area contributed by atoms with Crippen molar-refractivity contribution in [1.82, 2.24) is 4.98 Å². The Morgan fingerprint density at radius 3 is 2.67 bits per heavy atom. The fourth-order valence-electron chi connectivity index (χ4n) is 0.501. The maximum absolute atomic E-state index is 10.4. The summed E-state index contributed by atoms with van der Waals surface area (Å²) in [5, 5.41) is 0. The van der Waals surface area contributed by atoms with E-state index in [1.807, 2.05) is 6.92 Å². The summed E-state index contributed by atoms with van der Waals surface area (Å²) in [5.41, 5.74) is 0.801. The Morgan fingerprint density at radius 2 is 2.33 bits per heavy atom.